The third-order valence-corrected chi connectivity index (χ3v) is 13.0. The van der Waals surface area contributed by atoms with Gasteiger partial charge in [-0.05, 0) is 86.9 Å². The number of hydrogen-bond acceptors (Lipinski definition) is 12. The SMILES string of the molecule is C.CCc1cnc(CC[C@@H]2CCCN2)nc1.CCc1cnc(NC[C@@H]2CCCN2C(=O)c2c(-c3ccccc3F)nc3sccn23)nc1.F.O=C(O)c1c(-c2ccccc2F)nc2sccn12.[B]. The van der Waals surface area contributed by atoms with Gasteiger partial charge in [0.25, 0.3) is 5.91 Å². The van der Waals surface area contributed by atoms with Gasteiger partial charge in [0, 0.05) is 99.1 Å². The molecule has 2 atom stereocenters. The van der Waals surface area contributed by atoms with Crippen molar-refractivity contribution in [3.8, 4) is 22.5 Å². The highest BCUT2D eigenvalue weighted by molar-refractivity contribution is 7.15. The zero-order chi connectivity index (χ0) is 45.3. The van der Waals surface area contributed by atoms with Gasteiger partial charge in [-0.1, -0.05) is 45.5 Å². The molecule has 3 radical (unpaired) electrons. The van der Waals surface area contributed by atoms with Crippen LogP contribution in [0.1, 0.15) is 91.3 Å². The molecule has 0 unspecified atom stereocenters. The number of carboxylic acid groups (broad SMARTS) is 1. The van der Waals surface area contributed by atoms with E-state index < -0.39 is 11.8 Å². The number of halogens is 3. The van der Waals surface area contributed by atoms with Crippen LogP contribution in [0.15, 0.2) is 96.5 Å². The second-order valence-corrected chi connectivity index (χ2v) is 17.4. The van der Waals surface area contributed by atoms with E-state index in [9.17, 15) is 23.5 Å². The Morgan fingerprint density at radius 2 is 1.34 bits per heavy atom. The van der Waals surface area contributed by atoms with Gasteiger partial charge in [-0.15, -0.1) is 22.7 Å². The van der Waals surface area contributed by atoms with Crippen LogP contribution in [0, 0.1) is 11.6 Å². The van der Waals surface area contributed by atoms with E-state index in [0.29, 0.717) is 52.0 Å². The van der Waals surface area contributed by atoms with Gasteiger partial charge in [0.1, 0.15) is 34.5 Å². The molecule has 8 aromatic rings. The second kappa shape index (κ2) is 24.5. The first-order valence-electron chi connectivity index (χ1n) is 21.7. The molecule has 68 heavy (non-hydrogen) atoms. The molecule has 2 aliphatic rings. The number of fused-ring (bicyclic) bond motifs is 2. The molecule has 2 aromatic carbocycles. The Balaban J connectivity index is 0.000000204. The average molecular weight is 965 g/mol. The van der Waals surface area contributed by atoms with Crippen LogP contribution < -0.4 is 10.6 Å². The van der Waals surface area contributed by atoms with Crippen molar-refractivity contribution < 1.29 is 28.2 Å². The number of aromatic carboxylic acids is 1. The van der Waals surface area contributed by atoms with Crippen molar-refractivity contribution in [1.29, 1.82) is 0 Å². The highest BCUT2D eigenvalue weighted by Gasteiger charge is 2.34. The number of carbonyl (C=O) groups is 2. The first-order chi connectivity index (χ1) is 31.7. The van der Waals surface area contributed by atoms with E-state index in [1.165, 1.54) is 76.6 Å². The Kier molecular flexibility index (Phi) is 18.9. The highest BCUT2D eigenvalue weighted by Crippen LogP contribution is 2.32. The van der Waals surface area contributed by atoms with Crippen molar-refractivity contribution >= 4 is 58.8 Å². The number of rotatable bonds is 12. The van der Waals surface area contributed by atoms with Crippen LogP contribution in [-0.2, 0) is 19.3 Å². The smallest absolute Gasteiger partial charge is 0.355 e. The van der Waals surface area contributed by atoms with Crippen molar-refractivity contribution in [3.63, 3.8) is 0 Å². The van der Waals surface area contributed by atoms with E-state index in [1.54, 1.807) is 46.3 Å². The molecule has 2 fully saturated rings. The van der Waals surface area contributed by atoms with Crippen LogP contribution in [0.3, 0.4) is 0 Å². The predicted molar refractivity (Wildman–Crippen MR) is 264 cm³/mol. The number of imidazole rings is 2. The summed E-state index contributed by atoms with van der Waals surface area (Å²) in [5.41, 5.74) is 3.77. The number of carbonyl (C=O) groups excluding carboxylic acids is 1. The average Bonchev–Trinajstić information content (AvgIpc) is 4.19. The highest BCUT2D eigenvalue weighted by atomic mass is 32.1. The molecule has 0 saturated carbocycles. The molecule has 14 nitrogen and oxygen atoms in total. The number of benzene rings is 2. The number of nitrogens with one attached hydrogen (secondary N) is 2. The molecule has 8 heterocycles. The van der Waals surface area contributed by atoms with Gasteiger partial charge in [0.2, 0.25) is 5.95 Å². The Bertz CT molecular complexity index is 2870. The molecule has 20 heteroatoms. The van der Waals surface area contributed by atoms with Gasteiger partial charge in [0.15, 0.2) is 15.6 Å². The van der Waals surface area contributed by atoms with E-state index in [-0.39, 0.29) is 55.3 Å². The monoisotopic (exact) mass is 964 g/mol. The number of aryl methyl sites for hydroxylation is 3. The maximum atomic E-state index is 14.6. The first-order valence-corrected chi connectivity index (χ1v) is 23.5. The summed E-state index contributed by atoms with van der Waals surface area (Å²) in [6.45, 7) is 6.57. The number of aromatic nitrogens is 8. The topological polar surface area (TPSA) is 168 Å². The molecular weight excluding hydrogens is 911 g/mol. The molecule has 1 amide bonds. The van der Waals surface area contributed by atoms with Gasteiger partial charge in [-0.25, -0.2) is 43.5 Å². The summed E-state index contributed by atoms with van der Waals surface area (Å²) in [7, 11) is 0. The molecule has 355 valence electrons. The molecule has 0 bridgehead atoms. The van der Waals surface area contributed by atoms with E-state index in [2.05, 4.69) is 54.4 Å². The fourth-order valence-electron chi connectivity index (χ4n) is 7.95. The molecule has 2 aliphatic heterocycles. The van der Waals surface area contributed by atoms with E-state index >= 15 is 0 Å². The Labute approximate surface area is 402 Å². The number of amides is 1. The summed E-state index contributed by atoms with van der Waals surface area (Å²) in [6, 6.07) is 13.1. The summed E-state index contributed by atoms with van der Waals surface area (Å²) in [4.78, 5) is 54.3. The van der Waals surface area contributed by atoms with Crippen LogP contribution in [0.25, 0.3) is 32.4 Å². The standard InChI is InChI=1S/C23H23FN6OS.C12H7FN2O2S.C12H19N3.CH4.B.FH/c1-2-15-12-25-22(26-13-15)27-14-16-6-5-9-29(16)21(31)20-19(17-7-3-4-8-18(17)24)28-23-30(20)10-11-32-23;13-8-4-2-1-3-7(8)9-10(11(16)17)15-5-6-18-12(15)14-9;1-2-10-8-14-12(15-9-10)6-5-11-4-3-7-13-11;;;/h3-4,7-8,10-13,16H,2,5-6,9,14H2,1H3,(H,25,26,27);1-6H,(H,16,17);8-9,11,13H,2-7H2,1H3;1H4;;1H/t16-;;11-;;;/m0.0.../s1. The van der Waals surface area contributed by atoms with Crippen molar-refractivity contribution in [2.75, 3.05) is 25.0 Å². The van der Waals surface area contributed by atoms with Crippen molar-refractivity contribution in [2.24, 2.45) is 0 Å². The minimum atomic E-state index is -1.13. The predicted octanol–water partition coefficient (Wildman–Crippen LogP) is 9.30. The largest absolute Gasteiger partial charge is 0.476 e. The number of likely N-dealkylation sites (tertiary alicyclic amines) is 1. The van der Waals surface area contributed by atoms with Crippen molar-refractivity contribution in [2.45, 2.75) is 84.7 Å². The molecule has 2 saturated heterocycles. The van der Waals surface area contributed by atoms with Crippen molar-refractivity contribution in [1.82, 2.24) is 48.9 Å². The number of hydrogen-bond donors (Lipinski definition) is 3. The fraction of sp³-hybridized carbons (Fsp3) is 0.333. The Morgan fingerprint density at radius 3 is 1.87 bits per heavy atom. The maximum absolute atomic E-state index is 14.6. The molecule has 10 rings (SSSR count). The third kappa shape index (κ3) is 12.0. The van der Waals surface area contributed by atoms with Crippen LogP contribution in [0.4, 0.5) is 19.4 Å². The zero-order valence-corrected chi connectivity index (χ0v) is 38.7. The van der Waals surface area contributed by atoms with Gasteiger partial charge < -0.3 is 20.6 Å². The minimum Gasteiger partial charge on any atom is -0.476 e. The summed E-state index contributed by atoms with van der Waals surface area (Å²) >= 11 is 2.73. The summed E-state index contributed by atoms with van der Waals surface area (Å²) < 4.78 is 31.5. The van der Waals surface area contributed by atoms with E-state index in [4.69, 9.17) is 0 Å². The molecule has 0 spiro atoms. The molecular formula is C48H54BF3N11O3S2. The fourth-order valence-corrected chi connectivity index (χ4v) is 9.38. The lowest BCUT2D eigenvalue weighted by atomic mass is 10.1. The minimum absolute atomic E-state index is 0. The molecule has 0 aliphatic carbocycles. The second-order valence-electron chi connectivity index (χ2n) is 15.6. The maximum Gasteiger partial charge on any atom is 0.355 e. The lowest BCUT2D eigenvalue weighted by Gasteiger charge is -2.25. The van der Waals surface area contributed by atoms with Crippen LogP contribution in [-0.4, -0.2) is 101 Å². The van der Waals surface area contributed by atoms with Gasteiger partial charge in [0.05, 0.1) is 0 Å². The van der Waals surface area contributed by atoms with Gasteiger partial charge in [-0.3, -0.25) is 18.3 Å². The van der Waals surface area contributed by atoms with Crippen LogP contribution >= 0.6 is 22.7 Å². The summed E-state index contributed by atoms with van der Waals surface area (Å²) in [6.07, 6.45) is 19.5. The molecule has 6 aromatic heterocycles. The number of nitrogens with zero attached hydrogens (tertiary/aromatic N) is 9. The molecule has 3 N–H and O–H groups in total. The number of thiazole rings is 2. The lowest BCUT2D eigenvalue weighted by molar-refractivity contribution is 0.0688. The normalized spacial score (nSPS) is 15.0. The summed E-state index contributed by atoms with van der Waals surface area (Å²) in [5.74, 6) is -0.593. The first kappa shape index (κ1) is 52.5. The van der Waals surface area contributed by atoms with E-state index in [0.717, 1.165) is 43.5 Å². The van der Waals surface area contributed by atoms with Gasteiger partial charge in [-0.2, -0.15) is 0 Å². The van der Waals surface area contributed by atoms with Crippen LogP contribution in [0.5, 0.6) is 0 Å². The quantitative estimate of drug-likeness (QED) is 0.0999. The Morgan fingerprint density at radius 1 is 0.794 bits per heavy atom. The zero-order valence-electron chi connectivity index (χ0n) is 37.0. The summed E-state index contributed by atoms with van der Waals surface area (Å²) in [5, 5.41) is 19.6. The van der Waals surface area contributed by atoms with Gasteiger partial charge >= 0.3 is 5.97 Å². The lowest BCUT2D eigenvalue weighted by Crippen LogP contribution is -2.40. The number of anilines is 1. The van der Waals surface area contributed by atoms with Crippen molar-refractivity contribution in [3.05, 3.63) is 136 Å². The number of carboxylic acids is 1. The third-order valence-electron chi connectivity index (χ3n) is 11.5. The van der Waals surface area contributed by atoms with Crippen LogP contribution in [0.2, 0.25) is 0 Å². The Hall–Kier alpha value is -6.51. The van der Waals surface area contributed by atoms with E-state index in [1.807, 2.05) is 41.3 Å².